The summed E-state index contributed by atoms with van der Waals surface area (Å²) in [6, 6.07) is 5.37. The first kappa shape index (κ1) is 15.8. The lowest BCUT2D eigenvalue weighted by Crippen LogP contribution is -2.37. The molecule has 1 aromatic carbocycles. The number of methoxy groups -OCH3 is 1. The molecule has 1 unspecified atom stereocenters. The molecule has 0 saturated heterocycles. The van der Waals surface area contributed by atoms with Crippen LogP contribution in [0.3, 0.4) is 0 Å². The first-order valence-electron chi connectivity index (χ1n) is 6.46. The van der Waals surface area contributed by atoms with Crippen LogP contribution < -0.4 is 15.4 Å². The minimum absolute atomic E-state index is 0.0143. The van der Waals surface area contributed by atoms with Crippen LogP contribution in [0.2, 0.25) is 0 Å². The molecule has 19 heavy (non-hydrogen) atoms. The van der Waals surface area contributed by atoms with Gasteiger partial charge in [0.05, 0.1) is 11.6 Å². The van der Waals surface area contributed by atoms with Crippen LogP contribution in [-0.2, 0) is 4.79 Å². The summed E-state index contributed by atoms with van der Waals surface area (Å²) in [5, 5.41) is 6.07. The Balaban J connectivity index is 2.54. The number of anilines is 1. The molecule has 0 aromatic heterocycles. The maximum Gasteiger partial charge on any atom is 0.242 e. The Morgan fingerprint density at radius 3 is 2.79 bits per heavy atom. The van der Waals surface area contributed by atoms with Gasteiger partial charge in [-0.25, -0.2) is 0 Å². The molecule has 106 valence electrons. The second-order valence-corrected chi connectivity index (χ2v) is 5.21. The van der Waals surface area contributed by atoms with E-state index in [0.29, 0.717) is 0 Å². The van der Waals surface area contributed by atoms with Crippen LogP contribution in [0.5, 0.6) is 5.75 Å². The lowest BCUT2D eigenvalue weighted by Gasteiger charge is -2.16. The number of benzene rings is 1. The van der Waals surface area contributed by atoms with Gasteiger partial charge >= 0.3 is 0 Å². The molecule has 0 aliphatic heterocycles. The summed E-state index contributed by atoms with van der Waals surface area (Å²) in [5.74, 6) is 0.783. The van der Waals surface area contributed by atoms with Crippen molar-refractivity contribution in [2.24, 2.45) is 0 Å². The molecule has 2 N–H and O–H groups in total. The number of hydrogen-bond acceptors (Lipinski definition) is 3. The molecule has 1 aromatic rings. The van der Waals surface area contributed by atoms with Gasteiger partial charge in [0.15, 0.2) is 0 Å². The van der Waals surface area contributed by atoms with Crippen LogP contribution in [-0.4, -0.2) is 25.6 Å². The molecular formula is C14H21BrN2O2. The van der Waals surface area contributed by atoms with Gasteiger partial charge in [-0.2, -0.15) is 0 Å². The summed E-state index contributed by atoms with van der Waals surface area (Å²) < 4.78 is 6.02. The van der Waals surface area contributed by atoms with Crippen molar-refractivity contribution >= 4 is 27.5 Å². The highest BCUT2D eigenvalue weighted by Gasteiger charge is 2.12. The molecule has 0 saturated carbocycles. The molecule has 0 aliphatic carbocycles. The van der Waals surface area contributed by atoms with E-state index in [4.69, 9.17) is 4.74 Å². The summed E-state index contributed by atoms with van der Waals surface area (Å²) in [6.45, 7) is 4.68. The summed E-state index contributed by atoms with van der Waals surface area (Å²) in [6.07, 6.45) is 2.08. The Hall–Kier alpha value is -1.23. The summed E-state index contributed by atoms with van der Waals surface area (Å²) in [4.78, 5) is 11.8. The molecule has 1 atom stereocenters. The van der Waals surface area contributed by atoms with Gasteiger partial charge in [0.25, 0.3) is 0 Å². The van der Waals surface area contributed by atoms with E-state index in [2.05, 4.69) is 33.5 Å². The molecule has 0 aliphatic rings. The van der Waals surface area contributed by atoms with E-state index in [0.717, 1.165) is 35.3 Å². The standard InChI is InChI=1S/C14H21BrN2O2/c1-4-5-8-16-14(18)10(2)17-11-6-7-13(19-3)12(15)9-11/h6-7,9-10,17H,4-5,8H2,1-3H3,(H,16,18). The number of hydrogen-bond donors (Lipinski definition) is 2. The predicted molar refractivity (Wildman–Crippen MR) is 81.7 cm³/mol. The van der Waals surface area contributed by atoms with E-state index >= 15 is 0 Å². The number of halogens is 1. The number of amides is 1. The highest BCUT2D eigenvalue weighted by molar-refractivity contribution is 9.10. The van der Waals surface area contributed by atoms with E-state index in [1.165, 1.54) is 0 Å². The van der Waals surface area contributed by atoms with Crippen LogP contribution in [0.1, 0.15) is 26.7 Å². The Labute approximate surface area is 123 Å². The zero-order valence-corrected chi connectivity index (χ0v) is 13.2. The van der Waals surface area contributed by atoms with Crippen molar-refractivity contribution in [2.75, 3.05) is 19.0 Å². The first-order chi connectivity index (χ1) is 9.08. The molecule has 0 bridgehead atoms. The fraction of sp³-hybridized carbons (Fsp3) is 0.500. The van der Waals surface area contributed by atoms with Crippen molar-refractivity contribution in [1.29, 1.82) is 0 Å². The van der Waals surface area contributed by atoms with Crippen molar-refractivity contribution in [1.82, 2.24) is 5.32 Å². The van der Waals surface area contributed by atoms with Gasteiger partial charge in [0, 0.05) is 12.2 Å². The van der Waals surface area contributed by atoms with Crippen molar-refractivity contribution < 1.29 is 9.53 Å². The number of carbonyl (C=O) groups is 1. The zero-order chi connectivity index (χ0) is 14.3. The van der Waals surface area contributed by atoms with Crippen LogP contribution in [0, 0.1) is 0 Å². The molecule has 4 nitrogen and oxygen atoms in total. The maximum absolute atomic E-state index is 11.8. The fourth-order valence-corrected chi connectivity index (χ4v) is 2.15. The predicted octanol–water partition coefficient (Wildman–Crippen LogP) is 3.17. The topological polar surface area (TPSA) is 50.4 Å². The monoisotopic (exact) mass is 328 g/mol. The molecule has 1 amide bonds. The van der Waals surface area contributed by atoms with Gasteiger partial charge < -0.3 is 15.4 Å². The van der Waals surface area contributed by atoms with E-state index < -0.39 is 0 Å². The second kappa shape index (κ2) is 8.04. The van der Waals surface area contributed by atoms with Crippen molar-refractivity contribution in [3.8, 4) is 5.75 Å². The van der Waals surface area contributed by atoms with E-state index in [-0.39, 0.29) is 11.9 Å². The highest BCUT2D eigenvalue weighted by Crippen LogP contribution is 2.27. The molecule has 0 heterocycles. The minimum atomic E-state index is -0.267. The van der Waals surface area contributed by atoms with E-state index in [9.17, 15) is 4.79 Å². The molecule has 1 rings (SSSR count). The fourth-order valence-electron chi connectivity index (χ4n) is 1.61. The third-order valence-electron chi connectivity index (χ3n) is 2.76. The second-order valence-electron chi connectivity index (χ2n) is 4.36. The zero-order valence-electron chi connectivity index (χ0n) is 11.6. The highest BCUT2D eigenvalue weighted by atomic mass is 79.9. The number of carbonyl (C=O) groups excluding carboxylic acids is 1. The number of nitrogens with one attached hydrogen (secondary N) is 2. The molecule has 0 fully saturated rings. The minimum Gasteiger partial charge on any atom is -0.496 e. The van der Waals surface area contributed by atoms with Gasteiger partial charge in [0.1, 0.15) is 11.8 Å². The third-order valence-corrected chi connectivity index (χ3v) is 3.38. The summed E-state index contributed by atoms with van der Waals surface area (Å²) in [5.41, 5.74) is 0.880. The van der Waals surface area contributed by atoms with Crippen molar-refractivity contribution in [3.63, 3.8) is 0 Å². The first-order valence-corrected chi connectivity index (χ1v) is 7.25. The molecule has 0 radical (unpaired) electrons. The number of ether oxygens (including phenoxy) is 1. The molecular weight excluding hydrogens is 308 g/mol. The maximum atomic E-state index is 11.8. The Bertz CT molecular complexity index is 424. The SMILES string of the molecule is CCCCNC(=O)C(C)Nc1ccc(OC)c(Br)c1. The normalized spacial score (nSPS) is 11.8. The van der Waals surface area contributed by atoms with Crippen LogP contribution in [0.4, 0.5) is 5.69 Å². The van der Waals surface area contributed by atoms with Crippen LogP contribution >= 0.6 is 15.9 Å². The Morgan fingerprint density at radius 2 is 2.21 bits per heavy atom. The van der Waals surface area contributed by atoms with Gasteiger partial charge in [-0.1, -0.05) is 13.3 Å². The van der Waals surface area contributed by atoms with Crippen LogP contribution in [0.25, 0.3) is 0 Å². The third kappa shape index (κ3) is 5.11. The number of rotatable bonds is 7. The summed E-state index contributed by atoms with van der Waals surface area (Å²) >= 11 is 3.42. The quantitative estimate of drug-likeness (QED) is 0.756. The largest absolute Gasteiger partial charge is 0.496 e. The molecule has 5 heteroatoms. The number of unbranched alkanes of at least 4 members (excludes halogenated alkanes) is 1. The Kier molecular flexibility index (Phi) is 6.70. The van der Waals surface area contributed by atoms with Gasteiger partial charge in [-0.3, -0.25) is 4.79 Å². The van der Waals surface area contributed by atoms with Crippen LogP contribution in [0.15, 0.2) is 22.7 Å². The van der Waals surface area contributed by atoms with Gasteiger partial charge in [-0.15, -0.1) is 0 Å². The summed E-state index contributed by atoms with van der Waals surface area (Å²) in [7, 11) is 1.62. The van der Waals surface area contributed by atoms with E-state index in [1.807, 2.05) is 25.1 Å². The van der Waals surface area contributed by atoms with Gasteiger partial charge in [0.2, 0.25) is 5.91 Å². The van der Waals surface area contributed by atoms with Crippen molar-refractivity contribution in [2.45, 2.75) is 32.7 Å². The Morgan fingerprint density at radius 1 is 1.47 bits per heavy atom. The lowest BCUT2D eigenvalue weighted by molar-refractivity contribution is -0.121. The van der Waals surface area contributed by atoms with Gasteiger partial charge in [-0.05, 0) is 47.5 Å². The lowest BCUT2D eigenvalue weighted by atomic mass is 10.2. The average molecular weight is 329 g/mol. The smallest absolute Gasteiger partial charge is 0.242 e. The van der Waals surface area contributed by atoms with E-state index in [1.54, 1.807) is 7.11 Å². The average Bonchev–Trinajstić information content (AvgIpc) is 2.39. The van der Waals surface area contributed by atoms with Crippen molar-refractivity contribution in [3.05, 3.63) is 22.7 Å². The molecule has 0 spiro atoms.